The van der Waals surface area contributed by atoms with Crippen LogP contribution in [0.2, 0.25) is 0 Å². The number of alkyl halides is 3. The Hall–Kier alpha value is -4.65. The molecule has 9 nitrogen and oxygen atoms in total. The van der Waals surface area contributed by atoms with Crippen LogP contribution in [-0.2, 0) is 6.18 Å². The van der Waals surface area contributed by atoms with Crippen molar-refractivity contribution in [2.24, 2.45) is 0 Å². The number of ether oxygens (including phenoxy) is 1. The normalized spacial score (nSPS) is 15.3. The lowest BCUT2D eigenvalue weighted by Gasteiger charge is -2.23. The van der Waals surface area contributed by atoms with E-state index in [1.807, 2.05) is 23.9 Å². The molecule has 0 radical (unpaired) electrons. The Balaban J connectivity index is 1.27. The third kappa shape index (κ3) is 6.74. The molecule has 3 N–H and O–H groups in total. The molecule has 41 heavy (non-hydrogen) atoms. The van der Waals surface area contributed by atoms with Gasteiger partial charge in [0.15, 0.2) is 0 Å². The van der Waals surface area contributed by atoms with Crippen molar-refractivity contribution >= 4 is 23.1 Å². The standard InChI is InChI=1S/C28H27F4N7O2/c1-38(2)20-6-8-39(16-20)21-10-18(28(30,31)32)9-19(11-21)36-27(40)37-25-4-3-22(12-24(25)29)41-23-5-7-33-26(13-23)17-14-34-35-15-17/h3-5,7,9-15,20H,6,8,16H2,1-2H3,(H,34,35)(H2,36,37,40). The summed E-state index contributed by atoms with van der Waals surface area (Å²) in [6.45, 7) is 1.14. The van der Waals surface area contributed by atoms with Crippen LogP contribution >= 0.6 is 0 Å². The summed E-state index contributed by atoms with van der Waals surface area (Å²) in [5.41, 5.74) is 0.568. The summed E-state index contributed by atoms with van der Waals surface area (Å²) in [6.07, 6.45) is 1.00. The third-order valence-corrected chi connectivity index (χ3v) is 6.71. The van der Waals surface area contributed by atoms with Gasteiger partial charge in [-0.3, -0.25) is 10.1 Å². The SMILES string of the molecule is CN(C)C1CCN(c2cc(NC(=O)Nc3ccc(Oc4ccnc(-c5cn[nH]c5)c4)cc3F)cc(C(F)(F)F)c2)C1. The summed E-state index contributed by atoms with van der Waals surface area (Å²) >= 11 is 0. The van der Waals surface area contributed by atoms with E-state index in [0.717, 1.165) is 30.2 Å². The molecule has 0 saturated carbocycles. The minimum absolute atomic E-state index is 0.0629. The first-order chi connectivity index (χ1) is 19.5. The summed E-state index contributed by atoms with van der Waals surface area (Å²) in [5, 5.41) is 11.3. The molecule has 2 amide bonds. The van der Waals surface area contributed by atoms with Gasteiger partial charge in [-0.25, -0.2) is 9.18 Å². The van der Waals surface area contributed by atoms with E-state index in [1.165, 1.54) is 24.4 Å². The van der Waals surface area contributed by atoms with E-state index in [0.29, 0.717) is 30.2 Å². The van der Waals surface area contributed by atoms with Crippen molar-refractivity contribution in [1.29, 1.82) is 0 Å². The minimum Gasteiger partial charge on any atom is -0.457 e. The molecule has 1 fully saturated rings. The van der Waals surface area contributed by atoms with Crippen LogP contribution in [0.25, 0.3) is 11.3 Å². The maximum Gasteiger partial charge on any atom is 0.416 e. The molecule has 1 unspecified atom stereocenters. The van der Waals surface area contributed by atoms with Gasteiger partial charge in [0.05, 0.1) is 23.1 Å². The number of likely N-dealkylation sites (N-methyl/N-ethyl adjacent to an activating group) is 1. The monoisotopic (exact) mass is 569 g/mol. The van der Waals surface area contributed by atoms with E-state index in [-0.39, 0.29) is 23.2 Å². The number of benzene rings is 2. The first-order valence-corrected chi connectivity index (χ1v) is 12.7. The van der Waals surface area contributed by atoms with Gasteiger partial charge in [0.25, 0.3) is 0 Å². The van der Waals surface area contributed by atoms with Gasteiger partial charge in [0.2, 0.25) is 0 Å². The van der Waals surface area contributed by atoms with Crippen molar-refractivity contribution in [3.8, 4) is 22.8 Å². The number of carbonyl (C=O) groups excluding carboxylic acids is 1. The fraction of sp³-hybridized carbons (Fsp3) is 0.250. The van der Waals surface area contributed by atoms with Gasteiger partial charge < -0.3 is 25.2 Å². The quantitative estimate of drug-likeness (QED) is 0.229. The molecule has 1 aliphatic rings. The number of rotatable bonds is 7. The molecule has 0 spiro atoms. The van der Waals surface area contributed by atoms with E-state index in [9.17, 15) is 22.4 Å². The summed E-state index contributed by atoms with van der Waals surface area (Å²) in [4.78, 5) is 20.8. The molecular weight excluding hydrogens is 542 g/mol. The van der Waals surface area contributed by atoms with Gasteiger partial charge in [-0.1, -0.05) is 0 Å². The number of aromatic amines is 1. The zero-order chi connectivity index (χ0) is 29.1. The molecule has 4 aromatic rings. The van der Waals surface area contributed by atoms with E-state index in [2.05, 4.69) is 25.8 Å². The summed E-state index contributed by atoms with van der Waals surface area (Å²) < 4.78 is 61.5. The average molecular weight is 570 g/mol. The van der Waals surface area contributed by atoms with Crippen LogP contribution in [-0.4, -0.2) is 59.3 Å². The fourth-order valence-electron chi connectivity index (χ4n) is 4.53. The van der Waals surface area contributed by atoms with Crippen LogP contribution < -0.4 is 20.3 Å². The molecule has 0 aliphatic carbocycles. The first kappa shape index (κ1) is 27.9. The van der Waals surface area contributed by atoms with Crippen molar-refractivity contribution in [2.75, 3.05) is 42.7 Å². The zero-order valence-corrected chi connectivity index (χ0v) is 22.2. The lowest BCUT2D eigenvalue weighted by atomic mass is 10.1. The third-order valence-electron chi connectivity index (χ3n) is 6.71. The lowest BCUT2D eigenvalue weighted by Crippen LogP contribution is -2.31. The van der Waals surface area contributed by atoms with Crippen LogP contribution in [0.4, 0.5) is 39.4 Å². The number of carbonyl (C=O) groups is 1. The van der Waals surface area contributed by atoms with Crippen molar-refractivity contribution in [3.63, 3.8) is 0 Å². The van der Waals surface area contributed by atoms with Crippen molar-refractivity contribution in [3.05, 3.63) is 78.5 Å². The van der Waals surface area contributed by atoms with Crippen molar-refractivity contribution < 1.29 is 27.1 Å². The number of urea groups is 1. The number of halogens is 4. The van der Waals surface area contributed by atoms with Crippen LogP contribution in [0, 0.1) is 5.82 Å². The highest BCUT2D eigenvalue weighted by Crippen LogP contribution is 2.36. The number of nitrogens with one attached hydrogen (secondary N) is 3. The van der Waals surface area contributed by atoms with Crippen molar-refractivity contribution in [2.45, 2.75) is 18.6 Å². The van der Waals surface area contributed by atoms with Gasteiger partial charge in [0.1, 0.15) is 17.3 Å². The second kappa shape index (κ2) is 11.5. The van der Waals surface area contributed by atoms with E-state index < -0.39 is 23.6 Å². The Labute approximate surface area is 233 Å². The Kier molecular flexibility index (Phi) is 7.79. The number of hydrogen-bond acceptors (Lipinski definition) is 6. The molecule has 1 atom stereocenters. The highest BCUT2D eigenvalue weighted by atomic mass is 19.4. The Morgan fingerprint density at radius 2 is 1.90 bits per heavy atom. The van der Waals surface area contributed by atoms with Gasteiger partial charge in [-0.05, 0) is 56.9 Å². The Morgan fingerprint density at radius 3 is 2.59 bits per heavy atom. The Morgan fingerprint density at radius 1 is 1.10 bits per heavy atom. The highest BCUT2D eigenvalue weighted by molar-refractivity contribution is 6.00. The Bertz CT molecular complexity index is 1530. The maximum atomic E-state index is 14.8. The lowest BCUT2D eigenvalue weighted by molar-refractivity contribution is -0.137. The molecular formula is C28H27F4N7O2. The molecule has 1 aliphatic heterocycles. The smallest absolute Gasteiger partial charge is 0.416 e. The van der Waals surface area contributed by atoms with Gasteiger partial charge in [-0.2, -0.15) is 18.3 Å². The topological polar surface area (TPSA) is 98.4 Å². The average Bonchev–Trinajstić information content (AvgIpc) is 3.63. The number of amides is 2. The van der Waals surface area contributed by atoms with Gasteiger partial charge in [-0.15, -0.1) is 0 Å². The number of H-pyrrole nitrogens is 1. The van der Waals surface area contributed by atoms with Crippen LogP contribution in [0.15, 0.2) is 67.1 Å². The van der Waals surface area contributed by atoms with E-state index in [4.69, 9.17) is 4.74 Å². The minimum atomic E-state index is -4.61. The predicted molar refractivity (Wildman–Crippen MR) is 147 cm³/mol. The second-order valence-corrected chi connectivity index (χ2v) is 9.81. The number of nitrogens with zero attached hydrogens (tertiary/aromatic N) is 4. The number of aromatic nitrogens is 3. The maximum absolute atomic E-state index is 14.8. The van der Waals surface area contributed by atoms with E-state index in [1.54, 1.807) is 24.5 Å². The number of hydrogen-bond donors (Lipinski definition) is 3. The first-order valence-electron chi connectivity index (χ1n) is 12.7. The number of pyridine rings is 1. The highest BCUT2D eigenvalue weighted by Gasteiger charge is 2.33. The van der Waals surface area contributed by atoms with Crippen LogP contribution in [0.3, 0.4) is 0 Å². The molecule has 1 saturated heterocycles. The molecule has 214 valence electrons. The molecule has 2 aromatic carbocycles. The van der Waals surface area contributed by atoms with Gasteiger partial charge in [0, 0.05) is 60.6 Å². The van der Waals surface area contributed by atoms with E-state index >= 15 is 0 Å². The zero-order valence-electron chi connectivity index (χ0n) is 22.2. The van der Waals surface area contributed by atoms with Crippen LogP contribution in [0.1, 0.15) is 12.0 Å². The second-order valence-electron chi connectivity index (χ2n) is 9.81. The summed E-state index contributed by atoms with van der Waals surface area (Å²) in [7, 11) is 3.85. The summed E-state index contributed by atoms with van der Waals surface area (Å²) in [5.74, 6) is -0.218. The van der Waals surface area contributed by atoms with Crippen molar-refractivity contribution in [1.82, 2.24) is 20.1 Å². The fourth-order valence-corrected chi connectivity index (χ4v) is 4.53. The predicted octanol–water partition coefficient (Wildman–Crippen LogP) is 6.21. The molecule has 0 bridgehead atoms. The van der Waals surface area contributed by atoms with Crippen LogP contribution in [0.5, 0.6) is 11.5 Å². The molecule has 5 rings (SSSR count). The largest absolute Gasteiger partial charge is 0.457 e. The molecule has 13 heteroatoms. The molecule has 3 heterocycles. The van der Waals surface area contributed by atoms with Gasteiger partial charge >= 0.3 is 12.2 Å². The molecule has 2 aromatic heterocycles. The summed E-state index contributed by atoms with van der Waals surface area (Å²) in [6, 6.07) is 9.81. The number of anilines is 3.